The highest BCUT2D eigenvalue weighted by Crippen LogP contribution is 2.22. The lowest BCUT2D eigenvalue weighted by atomic mass is 10.1. The molecule has 2 rings (SSSR count). The summed E-state index contributed by atoms with van der Waals surface area (Å²) >= 11 is 0. The fourth-order valence-corrected chi connectivity index (χ4v) is 2.19. The van der Waals surface area contributed by atoms with Crippen LogP contribution < -0.4 is 0 Å². The molecule has 0 saturated carbocycles. The molecular formula is C14H17NO3. The highest BCUT2D eigenvalue weighted by molar-refractivity contribution is 5.87. The molecule has 4 heteroatoms. The summed E-state index contributed by atoms with van der Waals surface area (Å²) in [6.07, 6.45) is 2.92. The van der Waals surface area contributed by atoms with E-state index in [0.717, 1.165) is 29.4 Å². The molecule has 1 N–H and O–H groups in total. The summed E-state index contributed by atoms with van der Waals surface area (Å²) < 4.78 is 7.14. The van der Waals surface area contributed by atoms with Gasteiger partial charge in [-0.3, -0.25) is 4.79 Å². The van der Waals surface area contributed by atoms with E-state index in [1.165, 1.54) is 0 Å². The highest BCUT2D eigenvalue weighted by atomic mass is 16.5. The van der Waals surface area contributed by atoms with Gasteiger partial charge in [-0.15, -0.1) is 0 Å². The average molecular weight is 247 g/mol. The van der Waals surface area contributed by atoms with Gasteiger partial charge in [-0.25, -0.2) is 0 Å². The summed E-state index contributed by atoms with van der Waals surface area (Å²) in [5.41, 5.74) is 1.96. The molecule has 0 aliphatic rings. The molecular weight excluding hydrogens is 230 g/mol. The molecule has 0 fully saturated rings. The van der Waals surface area contributed by atoms with Crippen LogP contribution in [0.5, 0.6) is 0 Å². The quantitative estimate of drug-likeness (QED) is 0.797. The van der Waals surface area contributed by atoms with Crippen LogP contribution in [0.25, 0.3) is 10.9 Å². The number of aryl methyl sites for hydroxylation is 1. The van der Waals surface area contributed by atoms with Crippen LogP contribution in [0.2, 0.25) is 0 Å². The van der Waals surface area contributed by atoms with Crippen LogP contribution in [0.4, 0.5) is 0 Å². The minimum absolute atomic E-state index is 0.0673. The summed E-state index contributed by atoms with van der Waals surface area (Å²) in [6, 6.07) is 7.90. The average Bonchev–Trinajstić information content (AvgIpc) is 2.68. The standard InChI is InChI=1S/C14H17NO3/c1-18-8-4-7-15-10-11(9-14(16)17)12-5-2-3-6-13(12)15/h2-3,5-6,10H,4,7-9H2,1H3,(H,16,17). The summed E-state index contributed by atoms with van der Waals surface area (Å²) in [5.74, 6) is -0.796. The number of para-hydroxylation sites is 1. The van der Waals surface area contributed by atoms with Crippen molar-refractivity contribution in [2.24, 2.45) is 0 Å². The van der Waals surface area contributed by atoms with Gasteiger partial charge in [-0.05, 0) is 18.1 Å². The van der Waals surface area contributed by atoms with Crippen molar-refractivity contribution in [2.45, 2.75) is 19.4 Å². The maximum Gasteiger partial charge on any atom is 0.307 e. The van der Waals surface area contributed by atoms with E-state index in [4.69, 9.17) is 9.84 Å². The zero-order valence-corrected chi connectivity index (χ0v) is 10.4. The summed E-state index contributed by atoms with van der Waals surface area (Å²) in [7, 11) is 1.68. The van der Waals surface area contributed by atoms with Crippen LogP contribution >= 0.6 is 0 Å². The van der Waals surface area contributed by atoms with Crippen LogP contribution in [0.15, 0.2) is 30.5 Å². The van der Waals surface area contributed by atoms with Crippen molar-refractivity contribution in [3.8, 4) is 0 Å². The number of methoxy groups -OCH3 is 1. The number of hydrogen-bond donors (Lipinski definition) is 1. The third-order valence-electron chi connectivity index (χ3n) is 2.96. The smallest absolute Gasteiger partial charge is 0.307 e. The lowest BCUT2D eigenvalue weighted by Gasteiger charge is -2.04. The normalized spacial score (nSPS) is 10.9. The number of carbonyl (C=O) groups is 1. The largest absolute Gasteiger partial charge is 0.481 e. The van der Waals surface area contributed by atoms with Crippen molar-refractivity contribution >= 4 is 16.9 Å². The molecule has 0 saturated heterocycles. The second-order valence-electron chi connectivity index (χ2n) is 4.28. The van der Waals surface area contributed by atoms with Gasteiger partial charge in [0.05, 0.1) is 6.42 Å². The van der Waals surface area contributed by atoms with Gasteiger partial charge in [0.1, 0.15) is 0 Å². The molecule has 0 unspecified atom stereocenters. The van der Waals surface area contributed by atoms with Crippen LogP contribution in [0.1, 0.15) is 12.0 Å². The molecule has 18 heavy (non-hydrogen) atoms. The van der Waals surface area contributed by atoms with Crippen molar-refractivity contribution in [3.63, 3.8) is 0 Å². The van der Waals surface area contributed by atoms with E-state index in [1.807, 2.05) is 30.5 Å². The van der Waals surface area contributed by atoms with Crippen LogP contribution in [-0.4, -0.2) is 29.4 Å². The Balaban J connectivity index is 2.31. The number of benzene rings is 1. The minimum Gasteiger partial charge on any atom is -0.481 e. The van der Waals surface area contributed by atoms with Gasteiger partial charge < -0.3 is 14.4 Å². The number of carboxylic acid groups (broad SMARTS) is 1. The number of aromatic nitrogens is 1. The molecule has 0 atom stereocenters. The molecule has 0 aliphatic carbocycles. The minimum atomic E-state index is -0.796. The molecule has 1 aromatic carbocycles. The number of fused-ring (bicyclic) bond motifs is 1. The van der Waals surface area contributed by atoms with Crippen LogP contribution in [0, 0.1) is 0 Å². The molecule has 0 aliphatic heterocycles. The molecule has 4 nitrogen and oxygen atoms in total. The fourth-order valence-electron chi connectivity index (χ4n) is 2.19. The number of rotatable bonds is 6. The first-order chi connectivity index (χ1) is 8.72. The maximum atomic E-state index is 10.9. The van der Waals surface area contributed by atoms with Crippen molar-refractivity contribution in [3.05, 3.63) is 36.0 Å². The van der Waals surface area contributed by atoms with Crippen molar-refractivity contribution in [1.29, 1.82) is 0 Å². The lowest BCUT2D eigenvalue weighted by molar-refractivity contribution is -0.136. The number of carboxylic acids is 1. The Morgan fingerprint density at radius 3 is 2.89 bits per heavy atom. The number of hydrogen-bond acceptors (Lipinski definition) is 2. The Labute approximate surface area is 106 Å². The first kappa shape index (κ1) is 12.6. The van der Waals surface area contributed by atoms with E-state index in [1.54, 1.807) is 7.11 Å². The monoisotopic (exact) mass is 247 g/mol. The Hall–Kier alpha value is -1.81. The van der Waals surface area contributed by atoms with Crippen molar-refractivity contribution in [2.75, 3.05) is 13.7 Å². The van der Waals surface area contributed by atoms with E-state index in [9.17, 15) is 4.79 Å². The summed E-state index contributed by atoms with van der Waals surface area (Å²) in [4.78, 5) is 10.9. The molecule has 0 radical (unpaired) electrons. The topological polar surface area (TPSA) is 51.5 Å². The van der Waals surface area contributed by atoms with Crippen molar-refractivity contribution in [1.82, 2.24) is 4.57 Å². The highest BCUT2D eigenvalue weighted by Gasteiger charge is 2.10. The van der Waals surface area contributed by atoms with Gasteiger partial charge in [-0.2, -0.15) is 0 Å². The number of ether oxygens (including phenoxy) is 1. The molecule has 1 heterocycles. The Bertz CT molecular complexity index is 545. The number of aliphatic carboxylic acids is 1. The van der Waals surface area contributed by atoms with Gasteiger partial charge in [-0.1, -0.05) is 18.2 Å². The van der Waals surface area contributed by atoms with Gasteiger partial charge >= 0.3 is 5.97 Å². The van der Waals surface area contributed by atoms with Crippen LogP contribution in [0.3, 0.4) is 0 Å². The molecule has 96 valence electrons. The number of nitrogens with zero attached hydrogens (tertiary/aromatic N) is 1. The first-order valence-corrected chi connectivity index (χ1v) is 6.00. The zero-order chi connectivity index (χ0) is 13.0. The molecule has 2 aromatic rings. The van der Waals surface area contributed by atoms with E-state index < -0.39 is 5.97 Å². The molecule has 0 amide bonds. The van der Waals surface area contributed by atoms with E-state index >= 15 is 0 Å². The van der Waals surface area contributed by atoms with E-state index in [2.05, 4.69) is 4.57 Å². The van der Waals surface area contributed by atoms with Crippen LogP contribution in [-0.2, 0) is 22.5 Å². The predicted molar refractivity (Wildman–Crippen MR) is 69.8 cm³/mol. The van der Waals surface area contributed by atoms with Gasteiger partial charge in [0.15, 0.2) is 0 Å². The fraction of sp³-hybridized carbons (Fsp3) is 0.357. The Kier molecular flexibility index (Phi) is 3.99. The SMILES string of the molecule is COCCCn1cc(CC(=O)O)c2ccccc21. The third kappa shape index (κ3) is 2.71. The van der Waals surface area contributed by atoms with Crippen molar-refractivity contribution < 1.29 is 14.6 Å². The van der Waals surface area contributed by atoms with Gasteiger partial charge in [0, 0.05) is 37.4 Å². The third-order valence-corrected chi connectivity index (χ3v) is 2.96. The summed E-state index contributed by atoms with van der Waals surface area (Å²) in [5, 5.41) is 9.95. The maximum absolute atomic E-state index is 10.9. The second kappa shape index (κ2) is 5.69. The molecule has 1 aromatic heterocycles. The van der Waals surface area contributed by atoms with Gasteiger partial charge in [0.25, 0.3) is 0 Å². The predicted octanol–water partition coefficient (Wildman–Crippen LogP) is 2.30. The Morgan fingerprint density at radius 2 is 2.17 bits per heavy atom. The second-order valence-corrected chi connectivity index (χ2v) is 4.28. The van der Waals surface area contributed by atoms with E-state index in [-0.39, 0.29) is 6.42 Å². The molecule has 0 spiro atoms. The van der Waals surface area contributed by atoms with Gasteiger partial charge in [0.2, 0.25) is 0 Å². The Morgan fingerprint density at radius 1 is 1.39 bits per heavy atom. The first-order valence-electron chi connectivity index (χ1n) is 6.00. The summed E-state index contributed by atoms with van der Waals surface area (Å²) in [6.45, 7) is 1.55. The zero-order valence-electron chi connectivity index (χ0n) is 10.4. The molecule has 0 bridgehead atoms. The van der Waals surface area contributed by atoms with E-state index in [0.29, 0.717) is 6.61 Å². The lowest BCUT2D eigenvalue weighted by Crippen LogP contribution is -2.01.